The van der Waals surface area contributed by atoms with Gasteiger partial charge in [0, 0.05) is 24.5 Å². The second-order valence-corrected chi connectivity index (χ2v) is 11.0. The van der Waals surface area contributed by atoms with Crippen molar-refractivity contribution in [3.8, 4) is 0 Å². The standard InChI is InChI=1S/C33H33BN2Si/c1-26(31(27-14-6-2-7-15-27)28-16-8-3-9-17-28)24-37-25-36-23-22-35-33(36)34-32(29-18-10-4-11-19-29)30-20-12-5-13-21-30/h2-24,31-32,34H,25,37H2,1H3. The maximum absolute atomic E-state index is 4.80. The molecule has 0 unspecified atom stereocenters. The van der Waals surface area contributed by atoms with E-state index < -0.39 is 9.52 Å². The molecular formula is C33H33BN2Si. The fourth-order valence-electron chi connectivity index (χ4n) is 5.27. The fraction of sp³-hybridized carbons (Fsp3) is 0.121. The van der Waals surface area contributed by atoms with E-state index in [1.165, 1.54) is 33.6 Å². The van der Waals surface area contributed by atoms with Gasteiger partial charge in [0.2, 0.25) is 7.28 Å². The molecule has 2 nitrogen and oxygen atoms in total. The highest BCUT2D eigenvalue weighted by Gasteiger charge is 2.20. The van der Waals surface area contributed by atoms with E-state index >= 15 is 0 Å². The Kier molecular flexibility index (Phi) is 8.29. The summed E-state index contributed by atoms with van der Waals surface area (Å²) in [6.45, 7) is 2.30. The van der Waals surface area contributed by atoms with E-state index in [-0.39, 0.29) is 0 Å². The van der Waals surface area contributed by atoms with Gasteiger partial charge < -0.3 is 4.57 Å². The molecule has 0 radical (unpaired) electrons. The van der Waals surface area contributed by atoms with Crippen molar-refractivity contribution in [2.45, 2.75) is 24.8 Å². The van der Waals surface area contributed by atoms with Gasteiger partial charge in [0.1, 0.15) is 0 Å². The highest BCUT2D eigenvalue weighted by atomic mass is 28.2. The molecule has 0 saturated heterocycles. The van der Waals surface area contributed by atoms with Crippen molar-refractivity contribution >= 4 is 22.5 Å². The summed E-state index contributed by atoms with van der Waals surface area (Å²) in [6.07, 6.45) is 5.17. The number of benzene rings is 4. The zero-order valence-electron chi connectivity index (χ0n) is 21.4. The molecule has 182 valence electrons. The molecule has 1 aromatic heterocycles. The van der Waals surface area contributed by atoms with Crippen LogP contribution in [0, 0.1) is 0 Å². The Balaban J connectivity index is 1.34. The summed E-state index contributed by atoms with van der Waals surface area (Å²) in [6, 6.07) is 43.4. The zero-order valence-corrected chi connectivity index (χ0v) is 22.9. The molecule has 4 aromatic carbocycles. The van der Waals surface area contributed by atoms with Crippen LogP contribution in [0.5, 0.6) is 0 Å². The van der Waals surface area contributed by atoms with Crippen LogP contribution >= 0.6 is 0 Å². The summed E-state index contributed by atoms with van der Waals surface area (Å²) in [7, 11) is 0.420. The van der Waals surface area contributed by atoms with Gasteiger partial charge in [-0.15, -0.1) is 0 Å². The Morgan fingerprint density at radius 2 is 1.19 bits per heavy atom. The predicted molar refractivity (Wildman–Crippen MR) is 161 cm³/mol. The molecule has 0 N–H and O–H groups in total. The molecule has 0 amide bonds. The van der Waals surface area contributed by atoms with E-state index in [9.17, 15) is 0 Å². The molecule has 1 heterocycles. The number of hydrogen-bond acceptors (Lipinski definition) is 1. The molecule has 5 rings (SSSR count). The van der Waals surface area contributed by atoms with Crippen LogP contribution in [0.25, 0.3) is 0 Å². The molecule has 0 atom stereocenters. The quantitative estimate of drug-likeness (QED) is 0.230. The smallest absolute Gasteiger partial charge is 0.217 e. The number of allylic oxidation sites excluding steroid dienone is 1. The highest BCUT2D eigenvalue weighted by molar-refractivity contribution is 6.54. The van der Waals surface area contributed by atoms with Crippen LogP contribution < -0.4 is 5.72 Å². The zero-order chi connectivity index (χ0) is 25.3. The SMILES string of the molecule is CC(=C[SiH2]Cn1ccnc1BC(c1ccccc1)c1ccccc1)C(c1ccccc1)c1ccccc1. The minimum absolute atomic E-state index is 0.294. The highest BCUT2D eigenvalue weighted by Crippen LogP contribution is 2.31. The second kappa shape index (κ2) is 12.4. The third-order valence-electron chi connectivity index (χ3n) is 7.15. The summed E-state index contributed by atoms with van der Waals surface area (Å²) in [5.41, 5.74) is 10.5. The third-order valence-corrected chi connectivity index (χ3v) is 8.82. The maximum atomic E-state index is 4.80. The predicted octanol–water partition coefficient (Wildman–Crippen LogP) is 5.60. The molecular weight excluding hydrogens is 463 g/mol. The second-order valence-electron chi connectivity index (χ2n) is 9.61. The fourth-order valence-corrected chi connectivity index (χ4v) is 6.78. The van der Waals surface area contributed by atoms with Crippen LogP contribution in [0.2, 0.25) is 0 Å². The van der Waals surface area contributed by atoms with Crippen molar-refractivity contribution in [2.75, 3.05) is 0 Å². The molecule has 5 aromatic rings. The minimum atomic E-state index is -0.478. The van der Waals surface area contributed by atoms with Crippen LogP contribution in [0.15, 0.2) is 145 Å². The number of hydrogen-bond donors (Lipinski definition) is 0. The van der Waals surface area contributed by atoms with Gasteiger partial charge in [0.25, 0.3) is 0 Å². The summed E-state index contributed by atoms with van der Waals surface area (Å²) in [5.74, 6) is 0.598. The molecule has 0 aliphatic rings. The summed E-state index contributed by atoms with van der Waals surface area (Å²) in [5, 5.41) is 0. The molecule has 0 saturated carbocycles. The van der Waals surface area contributed by atoms with Crippen LogP contribution in [0.4, 0.5) is 0 Å². The molecule has 37 heavy (non-hydrogen) atoms. The van der Waals surface area contributed by atoms with E-state index in [0.29, 0.717) is 11.7 Å². The average Bonchev–Trinajstić information content (AvgIpc) is 3.41. The van der Waals surface area contributed by atoms with Crippen LogP contribution in [0.3, 0.4) is 0 Å². The van der Waals surface area contributed by atoms with Crippen LogP contribution in [0.1, 0.15) is 40.9 Å². The Morgan fingerprint density at radius 1 is 0.730 bits per heavy atom. The van der Waals surface area contributed by atoms with Crippen molar-refractivity contribution in [1.82, 2.24) is 9.55 Å². The first kappa shape index (κ1) is 24.8. The van der Waals surface area contributed by atoms with Gasteiger partial charge in [-0.05, 0) is 35.0 Å². The summed E-state index contributed by atoms with van der Waals surface area (Å²) in [4.78, 5) is 4.80. The van der Waals surface area contributed by atoms with Crippen molar-refractivity contribution in [2.24, 2.45) is 0 Å². The first-order chi connectivity index (χ1) is 18.3. The summed E-state index contributed by atoms with van der Waals surface area (Å²) < 4.78 is 2.38. The van der Waals surface area contributed by atoms with Crippen molar-refractivity contribution in [3.63, 3.8) is 0 Å². The molecule has 0 aliphatic carbocycles. The number of imidazole rings is 1. The van der Waals surface area contributed by atoms with Gasteiger partial charge in [-0.25, -0.2) is 0 Å². The van der Waals surface area contributed by atoms with Gasteiger partial charge in [-0.2, -0.15) is 0 Å². The monoisotopic (exact) mass is 496 g/mol. The van der Waals surface area contributed by atoms with E-state index in [1.54, 1.807) is 0 Å². The van der Waals surface area contributed by atoms with Crippen molar-refractivity contribution < 1.29 is 0 Å². The normalized spacial score (nSPS) is 12.0. The Hall–Kier alpha value is -3.89. The van der Waals surface area contributed by atoms with Gasteiger partial charge in [-0.3, -0.25) is 4.98 Å². The minimum Gasteiger partial charge on any atom is -0.346 e. The van der Waals surface area contributed by atoms with Gasteiger partial charge >= 0.3 is 0 Å². The average molecular weight is 497 g/mol. The van der Waals surface area contributed by atoms with E-state index in [2.05, 4.69) is 145 Å². The van der Waals surface area contributed by atoms with E-state index in [1.807, 2.05) is 6.20 Å². The number of nitrogens with zero attached hydrogens (tertiary/aromatic N) is 2. The van der Waals surface area contributed by atoms with Crippen LogP contribution in [-0.4, -0.2) is 26.4 Å². The van der Waals surface area contributed by atoms with E-state index in [0.717, 1.165) is 13.4 Å². The number of aromatic nitrogens is 2. The molecule has 0 bridgehead atoms. The van der Waals surface area contributed by atoms with E-state index in [4.69, 9.17) is 4.98 Å². The largest absolute Gasteiger partial charge is 0.346 e. The Morgan fingerprint density at radius 3 is 1.68 bits per heavy atom. The lowest BCUT2D eigenvalue weighted by Crippen LogP contribution is -2.32. The molecule has 0 aliphatic heterocycles. The summed E-state index contributed by atoms with van der Waals surface area (Å²) >= 11 is 0. The van der Waals surface area contributed by atoms with Crippen molar-refractivity contribution in [1.29, 1.82) is 0 Å². The lowest BCUT2D eigenvalue weighted by Gasteiger charge is -2.20. The molecule has 0 spiro atoms. The first-order valence-electron chi connectivity index (χ1n) is 13.2. The molecule has 0 fully saturated rings. The number of rotatable bonds is 10. The Bertz CT molecular complexity index is 1320. The lowest BCUT2D eigenvalue weighted by atomic mass is 9.58. The first-order valence-corrected chi connectivity index (χ1v) is 15.0. The topological polar surface area (TPSA) is 17.8 Å². The third kappa shape index (κ3) is 6.28. The maximum Gasteiger partial charge on any atom is 0.217 e. The lowest BCUT2D eigenvalue weighted by molar-refractivity contribution is 0.900. The van der Waals surface area contributed by atoms with Gasteiger partial charge in [-0.1, -0.05) is 133 Å². The van der Waals surface area contributed by atoms with Gasteiger partial charge in [0.05, 0.1) is 15.2 Å². The Labute approximate surface area is 223 Å². The van der Waals surface area contributed by atoms with Crippen LogP contribution in [-0.2, 0) is 6.17 Å². The molecule has 4 heteroatoms. The van der Waals surface area contributed by atoms with Crippen molar-refractivity contribution in [3.05, 3.63) is 167 Å². The van der Waals surface area contributed by atoms with Gasteiger partial charge in [0.15, 0.2) is 0 Å².